The standard InChI is InChI=1S/C16H21BrClN3/c1-3-14-16(17)15(21(2)20-14)11-19-13(10-18)9-12-7-5-4-6-8-12/h4-8,13,19H,3,9-11H2,1-2H3. The van der Waals surface area contributed by atoms with Crippen LogP contribution in [0.2, 0.25) is 0 Å². The van der Waals surface area contributed by atoms with Crippen LogP contribution in [0.15, 0.2) is 34.8 Å². The van der Waals surface area contributed by atoms with Crippen LogP contribution in [0, 0.1) is 0 Å². The Morgan fingerprint density at radius 2 is 2.05 bits per heavy atom. The first-order valence-corrected chi connectivity index (χ1v) is 8.52. The van der Waals surface area contributed by atoms with Crippen molar-refractivity contribution in [3.63, 3.8) is 0 Å². The molecule has 1 N–H and O–H groups in total. The summed E-state index contributed by atoms with van der Waals surface area (Å²) in [6, 6.07) is 10.7. The lowest BCUT2D eigenvalue weighted by Crippen LogP contribution is -2.33. The van der Waals surface area contributed by atoms with Crippen LogP contribution in [0.3, 0.4) is 0 Å². The maximum Gasteiger partial charge on any atom is 0.0767 e. The second-order valence-electron chi connectivity index (χ2n) is 5.11. The summed E-state index contributed by atoms with van der Waals surface area (Å²) in [6.45, 7) is 2.87. The van der Waals surface area contributed by atoms with Gasteiger partial charge in [-0.05, 0) is 34.3 Å². The topological polar surface area (TPSA) is 29.9 Å². The van der Waals surface area contributed by atoms with Gasteiger partial charge >= 0.3 is 0 Å². The average molecular weight is 371 g/mol. The number of hydrogen-bond acceptors (Lipinski definition) is 2. The number of nitrogens with one attached hydrogen (secondary N) is 1. The van der Waals surface area contributed by atoms with Crippen LogP contribution >= 0.6 is 27.5 Å². The van der Waals surface area contributed by atoms with Crippen LogP contribution in [-0.2, 0) is 26.4 Å². The quantitative estimate of drug-likeness (QED) is 0.753. The van der Waals surface area contributed by atoms with Gasteiger partial charge in [0.2, 0.25) is 0 Å². The fourth-order valence-electron chi connectivity index (χ4n) is 2.33. The largest absolute Gasteiger partial charge is 0.307 e. The van der Waals surface area contributed by atoms with Gasteiger partial charge in [0, 0.05) is 25.5 Å². The van der Waals surface area contributed by atoms with Crippen molar-refractivity contribution in [2.45, 2.75) is 32.4 Å². The molecule has 1 aromatic carbocycles. The fourth-order valence-corrected chi connectivity index (χ4v) is 3.31. The van der Waals surface area contributed by atoms with E-state index in [1.54, 1.807) is 0 Å². The molecule has 1 unspecified atom stereocenters. The van der Waals surface area contributed by atoms with Gasteiger partial charge in [0.25, 0.3) is 0 Å². The summed E-state index contributed by atoms with van der Waals surface area (Å²) < 4.78 is 3.04. The van der Waals surface area contributed by atoms with E-state index in [9.17, 15) is 0 Å². The highest BCUT2D eigenvalue weighted by molar-refractivity contribution is 9.10. The molecule has 0 aliphatic heterocycles. The zero-order chi connectivity index (χ0) is 15.2. The molecule has 1 atom stereocenters. The minimum Gasteiger partial charge on any atom is -0.307 e. The Balaban J connectivity index is 1.99. The molecule has 0 fully saturated rings. The summed E-state index contributed by atoms with van der Waals surface area (Å²) >= 11 is 9.74. The number of alkyl halides is 1. The molecule has 0 aliphatic carbocycles. The minimum absolute atomic E-state index is 0.251. The molecule has 0 radical (unpaired) electrons. The summed E-state index contributed by atoms with van der Waals surface area (Å²) in [5.74, 6) is 0.588. The lowest BCUT2D eigenvalue weighted by Gasteiger charge is -2.16. The predicted molar refractivity (Wildman–Crippen MR) is 91.8 cm³/mol. The number of nitrogens with zero attached hydrogens (tertiary/aromatic N) is 2. The Labute approximate surface area is 139 Å². The first-order chi connectivity index (χ1) is 10.2. The normalized spacial score (nSPS) is 12.6. The van der Waals surface area contributed by atoms with E-state index in [1.807, 2.05) is 17.8 Å². The van der Waals surface area contributed by atoms with Crippen molar-refractivity contribution in [2.24, 2.45) is 7.05 Å². The van der Waals surface area contributed by atoms with Crippen LogP contribution in [0.4, 0.5) is 0 Å². The highest BCUT2D eigenvalue weighted by Crippen LogP contribution is 2.21. The average Bonchev–Trinajstić information content (AvgIpc) is 2.79. The molecule has 0 saturated heterocycles. The van der Waals surface area contributed by atoms with E-state index in [4.69, 9.17) is 11.6 Å². The fraction of sp³-hybridized carbons (Fsp3) is 0.438. The maximum absolute atomic E-state index is 6.10. The van der Waals surface area contributed by atoms with E-state index in [0.717, 1.165) is 35.2 Å². The summed E-state index contributed by atoms with van der Waals surface area (Å²) in [5.41, 5.74) is 3.56. The Morgan fingerprint density at radius 1 is 1.33 bits per heavy atom. The van der Waals surface area contributed by atoms with Crippen LogP contribution in [0.1, 0.15) is 23.9 Å². The van der Waals surface area contributed by atoms with Gasteiger partial charge in [-0.3, -0.25) is 4.68 Å². The third-order valence-electron chi connectivity index (χ3n) is 3.57. The molecule has 1 aromatic heterocycles. The van der Waals surface area contributed by atoms with Crippen LogP contribution in [-0.4, -0.2) is 21.7 Å². The Bertz CT molecular complexity index is 568. The van der Waals surface area contributed by atoms with Crippen LogP contribution < -0.4 is 5.32 Å². The monoisotopic (exact) mass is 369 g/mol. The van der Waals surface area contributed by atoms with Crippen molar-refractivity contribution >= 4 is 27.5 Å². The van der Waals surface area contributed by atoms with E-state index in [-0.39, 0.29) is 6.04 Å². The maximum atomic E-state index is 6.10. The van der Waals surface area contributed by atoms with Crippen LogP contribution in [0.5, 0.6) is 0 Å². The molecule has 1 heterocycles. The summed E-state index contributed by atoms with van der Waals surface area (Å²) in [6.07, 6.45) is 1.86. The molecule has 0 aliphatic rings. The smallest absolute Gasteiger partial charge is 0.0767 e. The van der Waals surface area contributed by atoms with Gasteiger partial charge in [0.05, 0.1) is 15.9 Å². The number of benzene rings is 1. The Hall–Kier alpha value is -0.840. The molecular formula is C16H21BrClN3. The third-order valence-corrected chi connectivity index (χ3v) is 4.86. The lowest BCUT2D eigenvalue weighted by molar-refractivity contribution is 0.528. The first kappa shape index (κ1) is 16.5. The molecule has 0 bridgehead atoms. The van der Waals surface area contributed by atoms with Crippen molar-refractivity contribution in [1.29, 1.82) is 0 Å². The Morgan fingerprint density at radius 3 is 2.62 bits per heavy atom. The lowest BCUT2D eigenvalue weighted by atomic mass is 10.1. The summed E-state index contributed by atoms with van der Waals surface area (Å²) in [5, 5.41) is 8.04. The Kier molecular flexibility index (Phi) is 6.27. The SMILES string of the molecule is CCc1nn(C)c(CNC(CCl)Cc2ccccc2)c1Br. The van der Waals surface area contributed by atoms with Gasteiger partial charge < -0.3 is 5.32 Å². The van der Waals surface area contributed by atoms with Gasteiger partial charge in [-0.25, -0.2) is 0 Å². The van der Waals surface area contributed by atoms with Crippen LogP contribution in [0.25, 0.3) is 0 Å². The highest BCUT2D eigenvalue weighted by Gasteiger charge is 2.14. The van der Waals surface area contributed by atoms with Crippen molar-refractivity contribution < 1.29 is 0 Å². The number of aromatic nitrogens is 2. The second kappa shape index (κ2) is 7.97. The zero-order valence-electron chi connectivity index (χ0n) is 12.4. The highest BCUT2D eigenvalue weighted by atomic mass is 79.9. The molecule has 2 rings (SSSR count). The number of hydrogen-bond donors (Lipinski definition) is 1. The van der Waals surface area contributed by atoms with Crippen molar-refractivity contribution in [3.8, 4) is 0 Å². The molecule has 5 heteroatoms. The van der Waals surface area contributed by atoms with Gasteiger partial charge in [0.1, 0.15) is 0 Å². The van der Waals surface area contributed by atoms with E-state index >= 15 is 0 Å². The first-order valence-electron chi connectivity index (χ1n) is 7.19. The molecule has 0 amide bonds. The van der Waals surface area contributed by atoms with Crippen molar-refractivity contribution in [2.75, 3.05) is 5.88 Å². The van der Waals surface area contributed by atoms with Gasteiger partial charge in [0.15, 0.2) is 0 Å². The molecular weight excluding hydrogens is 350 g/mol. The molecule has 2 aromatic rings. The van der Waals surface area contributed by atoms with E-state index < -0.39 is 0 Å². The molecule has 21 heavy (non-hydrogen) atoms. The third kappa shape index (κ3) is 4.31. The second-order valence-corrected chi connectivity index (χ2v) is 6.21. The molecule has 0 saturated carbocycles. The van der Waals surface area contributed by atoms with Gasteiger partial charge in [-0.2, -0.15) is 5.10 Å². The van der Waals surface area contributed by atoms with Crippen molar-refractivity contribution in [1.82, 2.24) is 15.1 Å². The van der Waals surface area contributed by atoms with Gasteiger partial charge in [-0.1, -0.05) is 37.3 Å². The minimum atomic E-state index is 0.251. The number of rotatable bonds is 7. The number of aryl methyl sites for hydroxylation is 2. The molecule has 3 nitrogen and oxygen atoms in total. The van der Waals surface area contributed by atoms with Gasteiger partial charge in [-0.15, -0.1) is 11.6 Å². The van der Waals surface area contributed by atoms with E-state index in [1.165, 1.54) is 5.56 Å². The zero-order valence-corrected chi connectivity index (χ0v) is 14.8. The predicted octanol–water partition coefficient (Wildman–Crippen LogP) is 3.68. The molecule has 0 spiro atoms. The molecule has 114 valence electrons. The van der Waals surface area contributed by atoms with E-state index in [0.29, 0.717) is 5.88 Å². The summed E-state index contributed by atoms with van der Waals surface area (Å²) in [7, 11) is 1.98. The van der Waals surface area contributed by atoms with Crippen molar-refractivity contribution in [3.05, 3.63) is 51.8 Å². The van der Waals surface area contributed by atoms with E-state index in [2.05, 4.69) is 57.5 Å². The number of halogens is 2. The summed E-state index contributed by atoms with van der Waals surface area (Å²) in [4.78, 5) is 0.